The van der Waals surface area contributed by atoms with Crippen LogP contribution in [-0.4, -0.2) is 43.0 Å². The lowest BCUT2D eigenvalue weighted by Gasteiger charge is -2.19. The number of nitrogens with zero attached hydrogens (tertiary/aromatic N) is 1. The van der Waals surface area contributed by atoms with Crippen molar-refractivity contribution < 1.29 is 14.3 Å². The van der Waals surface area contributed by atoms with Gasteiger partial charge < -0.3 is 15.0 Å². The maximum atomic E-state index is 12.6. The Balaban J connectivity index is 1.67. The second kappa shape index (κ2) is 9.69. The molecule has 150 valence electrons. The molecular formula is C21H32N2O3S. The van der Waals surface area contributed by atoms with Gasteiger partial charge in [0.25, 0.3) is 0 Å². The number of esters is 1. The fourth-order valence-corrected chi connectivity index (χ4v) is 5.48. The molecule has 0 unspecified atom stereocenters. The average molecular weight is 393 g/mol. The normalized spacial score (nSPS) is 20.6. The Labute approximate surface area is 166 Å². The summed E-state index contributed by atoms with van der Waals surface area (Å²) < 4.78 is 5.28. The second-order valence-electron chi connectivity index (χ2n) is 7.83. The van der Waals surface area contributed by atoms with Gasteiger partial charge in [0.2, 0.25) is 5.91 Å². The molecule has 27 heavy (non-hydrogen) atoms. The Bertz CT molecular complexity index is 663. The lowest BCUT2D eigenvalue weighted by Crippen LogP contribution is -2.28. The van der Waals surface area contributed by atoms with E-state index in [4.69, 9.17) is 4.74 Å². The monoisotopic (exact) mass is 392 g/mol. The molecule has 0 bridgehead atoms. The molecule has 1 aromatic rings. The van der Waals surface area contributed by atoms with Gasteiger partial charge in [0.05, 0.1) is 12.2 Å². The molecule has 1 saturated heterocycles. The van der Waals surface area contributed by atoms with Gasteiger partial charge in [0.15, 0.2) is 0 Å². The largest absolute Gasteiger partial charge is 0.462 e. The highest BCUT2D eigenvalue weighted by molar-refractivity contribution is 7.17. The minimum atomic E-state index is -0.299. The van der Waals surface area contributed by atoms with Gasteiger partial charge in [-0.2, -0.15) is 0 Å². The SMILES string of the molecule is CCOC(=O)c1c(NC(=O)CCN2CCCCCC2)sc2c1CC[C@H](C)C2. The first kappa shape index (κ1) is 20.3. The predicted molar refractivity (Wildman–Crippen MR) is 110 cm³/mol. The quantitative estimate of drug-likeness (QED) is 0.735. The Morgan fingerprint density at radius 3 is 2.67 bits per heavy atom. The summed E-state index contributed by atoms with van der Waals surface area (Å²) in [6.45, 7) is 7.38. The Hall–Kier alpha value is -1.40. The summed E-state index contributed by atoms with van der Waals surface area (Å²) in [6.07, 6.45) is 8.48. The molecule has 2 heterocycles. The molecule has 2 aliphatic rings. The van der Waals surface area contributed by atoms with Crippen molar-refractivity contribution >= 4 is 28.2 Å². The zero-order valence-electron chi connectivity index (χ0n) is 16.6. The molecule has 1 aliphatic heterocycles. The van der Waals surface area contributed by atoms with E-state index in [1.807, 2.05) is 6.92 Å². The fraction of sp³-hybridized carbons (Fsp3) is 0.714. The number of rotatable bonds is 6. The van der Waals surface area contributed by atoms with Crippen LogP contribution in [0.5, 0.6) is 0 Å². The van der Waals surface area contributed by atoms with Gasteiger partial charge in [-0.05, 0) is 63.6 Å². The standard InChI is InChI=1S/C21H32N2O3S/c1-3-26-21(25)19-16-9-8-15(2)14-17(16)27-20(19)22-18(24)10-13-23-11-6-4-5-7-12-23/h15H,3-14H2,1-2H3,(H,22,24)/t15-/m0/s1. The number of thiophene rings is 1. The number of hydrogen-bond acceptors (Lipinski definition) is 5. The molecule has 0 radical (unpaired) electrons. The maximum Gasteiger partial charge on any atom is 0.341 e. The first-order valence-corrected chi connectivity index (χ1v) is 11.2. The van der Waals surface area contributed by atoms with Crippen molar-refractivity contribution in [1.82, 2.24) is 4.90 Å². The third-order valence-electron chi connectivity index (χ3n) is 5.60. The zero-order valence-corrected chi connectivity index (χ0v) is 17.5. The third kappa shape index (κ3) is 5.32. The number of ether oxygens (including phenoxy) is 1. The number of anilines is 1. The Kier molecular flexibility index (Phi) is 7.30. The van der Waals surface area contributed by atoms with Crippen LogP contribution < -0.4 is 5.32 Å². The van der Waals surface area contributed by atoms with Gasteiger partial charge >= 0.3 is 5.97 Å². The lowest BCUT2D eigenvalue weighted by molar-refractivity contribution is -0.116. The van der Waals surface area contributed by atoms with Gasteiger partial charge in [0, 0.05) is 17.8 Å². The van der Waals surface area contributed by atoms with Crippen LogP contribution in [0.3, 0.4) is 0 Å². The van der Waals surface area contributed by atoms with Crippen LogP contribution in [0.4, 0.5) is 5.00 Å². The predicted octanol–water partition coefficient (Wildman–Crippen LogP) is 4.25. The first-order valence-electron chi connectivity index (χ1n) is 10.4. The molecule has 1 aromatic heterocycles. The zero-order chi connectivity index (χ0) is 19.2. The Morgan fingerprint density at radius 1 is 1.22 bits per heavy atom. The number of carbonyl (C=O) groups excluding carboxylic acids is 2. The number of hydrogen-bond donors (Lipinski definition) is 1. The van der Waals surface area contributed by atoms with E-state index < -0.39 is 0 Å². The topological polar surface area (TPSA) is 58.6 Å². The molecule has 1 amide bonds. The second-order valence-corrected chi connectivity index (χ2v) is 8.94. The first-order chi connectivity index (χ1) is 13.1. The van der Waals surface area contributed by atoms with E-state index in [0.717, 1.165) is 44.5 Å². The summed E-state index contributed by atoms with van der Waals surface area (Å²) >= 11 is 1.57. The van der Waals surface area contributed by atoms with Crippen LogP contribution in [0.25, 0.3) is 0 Å². The van der Waals surface area contributed by atoms with E-state index in [1.54, 1.807) is 11.3 Å². The van der Waals surface area contributed by atoms with E-state index in [2.05, 4.69) is 17.1 Å². The van der Waals surface area contributed by atoms with Crippen LogP contribution in [0, 0.1) is 5.92 Å². The number of fused-ring (bicyclic) bond motifs is 1. The van der Waals surface area contributed by atoms with E-state index in [0.29, 0.717) is 29.5 Å². The molecule has 1 aliphatic carbocycles. The minimum Gasteiger partial charge on any atom is -0.462 e. The van der Waals surface area contributed by atoms with E-state index in [1.165, 1.54) is 30.6 Å². The number of likely N-dealkylation sites (tertiary alicyclic amines) is 1. The number of nitrogens with one attached hydrogen (secondary N) is 1. The van der Waals surface area contributed by atoms with Crippen molar-refractivity contribution in [3.63, 3.8) is 0 Å². The molecule has 1 fully saturated rings. The Morgan fingerprint density at radius 2 is 1.96 bits per heavy atom. The number of amides is 1. The summed E-state index contributed by atoms with van der Waals surface area (Å²) in [5.74, 6) is 0.321. The average Bonchev–Trinajstić information content (AvgIpc) is 2.80. The number of carbonyl (C=O) groups is 2. The smallest absolute Gasteiger partial charge is 0.341 e. The van der Waals surface area contributed by atoms with E-state index >= 15 is 0 Å². The van der Waals surface area contributed by atoms with Gasteiger partial charge in [0.1, 0.15) is 5.00 Å². The summed E-state index contributed by atoms with van der Waals surface area (Å²) in [4.78, 5) is 28.7. The van der Waals surface area contributed by atoms with Crippen LogP contribution >= 0.6 is 11.3 Å². The highest BCUT2D eigenvalue weighted by Crippen LogP contribution is 2.40. The van der Waals surface area contributed by atoms with Gasteiger partial charge in [-0.25, -0.2) is 4.79 Å². The molecule has 0 saturated carbocycles. The van der Waals surface area contributed by atoms with Gasteiger partial charge in [-0.3, -0.25) is 4.79 Å². The van der Waals surface area contributed by atoms with Crippen LogP contribution in [0.1, 0.15) is 73.2 Å². The minimum absolute atomic E-state index is 0.00330. The van der Waals surface area contributed by atoms with Crippen LogP contribution in [-0.2, 0) is 22.4 Å². The highest BCUT2D eigenvalue weighted by atomic mass is 32.1. The summed E-state index contributed by atoms with van der Waals surface area (Å²) in [7, 11) is 0. The summed E-state index contributed by atoms with van der Waals surface area (Å²) in [5, 5.41) is 3.72. The van der Waals surface area contributed by atoms with Gasteiger partial charge in [-0.15, -0.1) is 11.3 Å². The summed E-state index contributed by atoms with van der Waals surface area (Å²) in [5.41, 5.74) is 1.70. The summed E-state index contributed by atoms with van der Waals surface area (Å²) in [6, 6.07) is 0. The van der Waals surface area contributed by atoms with Crippen molar-refractivity contribution in [2.75, 3.05) is 31.6 Å². The fourth-order valence-electron chi connectivity index (χ4n) is 4.07. The highest BCUT2D eigenvalue weighted by Gasteiger charge is 2.29. The van der Waals surface area contributed by atoms with Crippen molar-refractivity contribution in [3.05, 3.63) is 16.0 Å². The molecule has 0 aromatic carbocycles. The lowest BCUT2D eigenvalue weighted by atomic mass is 9.88. The van der Waals surface area contributed by atoms with Crippen molar-refractivity contribution in [3.8, 4) is 0 Å². The maximum absolute atomic E-state index is 12.6. The van der Waals surface area contributed by atoms with E-state index in [-0.39, 0.29) is 11.9 Å². The molecule has 0 spiro atoms. The third-order valence-corrected chi connectivity index (χ3v) is 6.77. The van der Waals surface area contributed by atoms with Crippen molar-refractivity contribution in [1.29, 1.82) is 0 Å². The van der Waals surface area contributed by atoms with Crippen LogP contribution in [0.15, 0.2) is 0 Å². The van der Waals surface area contributed by atoms with E-state index in [9.17, 15) is 9.59 Å². The molecule has 5 nitrogen and oxygen atoms in total. The molecular weight excluding hydrogens is 360 g/mol. The molecule has 1 N–H and O–H groups in total. The molecule has 1 atom stereocenters. The van der Waals surface area contributed by atoms with Crippen LogP contribution in [0.2, 0.25) is 0 Å². The van der Waals surface area contributed by atoms with Crippen molar-refractivity contribution in [2.24, 2.45) is 5.92 Å². The van der Waals surface area contributed by atoms with Gasteiger partial charge in [-0.1, -0.05) is 19.8 Å². The van der Waals surface area contributed by atoms with Crippen molar-refractivity contribution in [2.45, 2.75) is 65.2 Å². The molecule has 3 rings (SSSR count). The molecule has 6 heteroatoms.